The van der Waals surface area contributed by atoms with Gasteiger partial charge in [-0.05, 0) is 36.8 Å². The van der Waals surface area contributed by atoms with Crippen molar-refractivity contribution in [2.24, 2.45) is 4.99 Å². The predicted octanol–water partition coefficient (Wildman–Crippen LogP) is 3.00. The maximum absolute atomic E-state index is 12.0. The number of ether oxygens (including phenoxy) is 1. The number of nitrogens with zero attached hydrogens (tertiary/aromatic N) is 3. The number of amides is 1. The number of methoxy groups -OCH3 is 1. The first-order chi connectivity index (χ1) is 15.0. The SMILES string of the molecule is COc1ccc(Cl)cc1N1CCC(NC(=NCC(=O)N(C)C)NCCc2ccco2)C1.I. The first-order valence-corrected chi connectivity index (χ1v) is 10.7. The van der Waals surface area contributed by atoms with Gasteiger partial charge in [-0.15, -0.1) is 24.0 Å². The Morgan fingerprint density at radius 1 is 1.38 bits per heavy atom. The number of nitrogens with one attached hydrogen (secondary N) is 2. The summed E-state index contributed by atoms with van der Waals surface area (Å²) >= 11 is 6.20. The van der Waals surface area contributed by atoms with Gasteiger partial charge in [0.05, 0.1) is 19.1 Å². The molecule has 1 amide bonds. The number of furan rings is 1. The average Bonchev–Trinajstić information content (AvgIpc) is 3.43. The lowest BCUT2D eigenvalue weighted by atomic mass is 10.2. The molecule has 0 bridgehead atoms. The van der Waals surface area contributed by atoms with Crippen LogP contribution in [0.1, 0.15) is 12.2 Å². The summed E-state index contributed by atoms with van der Waals surface area (Å²) in [7, 11) is 5.11. The number of hydrogen-bond acceptors (Lipinski definition) is 5. The molecule has 32 heavy (non-hydrogen) atoms. The van der Waals surface area contributed by atoms with Crippen molar-refractivity contribution < 1.29 is 13.9 Å². The largest absolute Gasteiger partial charge is 0.495 e. The number of halogens is 2. The summed E-state index contributed by atoms with van der Waals surface area (Å²) in [6.07, 6.45) is 3.32. The maximum atomic E-state index is 12.0. The summed E-state index contributed by atoms with van der Waals surface area (Å²) in [6.45, 7) is 2.37. The molecule has 2 N–H and O–H groups in total. The minimum absolute atomic E-state index is 0. The Balaban J connectivity index is 0.00000363. The molecule has 0 aliphatic carbocycles. The fourth-order valence-corrected chi connectivity index (χ4v) is 3.57. The minimum Gasteiger partial charge on any atom is -0.495 e. The molecule has 1 saturated heterocycles. The van der Waals surface area contributed by atoms with Crippen LogP contribution < -0.4 is 20.3 Å². The summed E-state index contributed by atoms with van der Waals surface area (Å²) in [6, 6.07) is 9.62. The van der Waals surface area contributed by atoms with Gasteiger partial charge < -0.3 is 29.6 Å². The van der Waals surface area contributed by atoms with E-state index in [4.69, 9.17) is 20.8 Å². The molecule has 1 unspecified atom stereocenters. The van der Waals surface area contributed by atoms with E-state index in [1.54, 1.807) is 27.5 Å². The summed E-state index contributed by atoms with van der Waals surface area (Å²) in [4.78, 5) is 20.3. The van der Waals surface area contributed by atoms with Crippen LogP contribution in [0.5, 0.6) is 5.75 Å². The fourth-order valence-electron chi connectivity index (χ4n) is 3.40. The molecule has 2 heterocycles. The van der Waals surface area contributed by atoms with Gasteiger partial charge in [-0.2, -0.15) is 0 Å². The van der Waals surface area contributed by atoms with Crippen LogP contribution in [0.4, 0.5) is 5.69 Å². The zero-order valence-corrected chi connectivity index (χ0v) is 21.7. The number of carbonyl (C=O) groups is 1. The molecule has 3 rings (SSSR count). The number of rotatable bonds is 8. The van der Waals surface area contributed by atoms with Crippen LogP contribution in [0.3, 0.4) is 0 Å². The van der Waals surface area contributed by atoms with Gasteiger partial charge >= 0.3 is 0 Å². The summed E-state index contributed by atoms with van der Waals surface area (Å²) in [5, 5.41) is 7.45. The molecule has 1 atom stereocenters. The quantitative estimate of drug-likeness (QED) is 0.286. The van der Waals surface area contributed by atoms with Crippen molar-refractivity contribution in [2.75, 3.05) is 52.3 Å². The number of anilines is 1. The molecule has 1 fully saturated rings. The van der Waals surface area contributed by atoms with Gasteiger partial charge in [-0.1, -0.05) is 11.6 Å². The third-order valence-electron chi connectivity index (χ3n) is 5.13. The van der Waals surface area contributed by atoms with Crippen LogP contribution >= 0.6 is 35.6 Å². The molecule has 1 aromatic heterocycles. The van der Waals surface area contributed by atoms with E-state index in [-0.39, 0.29) is 42.5 Å². The number of aliphatic imine (C=N–C) groups is 1. The highest BCUT2D eigenvalue weighted by Gasteiger charge is 2.25. The number of guanidine groups is 1. The van der Waals surface area contributed by atoms with Gasteiger partial charge in [-0.3, -0.25) is 4.79 Å². The molecule has 2 aromatic rings. The van der Waals surface area contributed by atoms with Crippen molar-refractivity contribution in [3.63, 3.8) is 0 Å². The number of likely N-dealkylation sites (N-methyl/N-ethyl adjacent to an activating group) is 1. The van der Waals surface area contributed by atoms with Crippen molar-refractivity contribution in [3.8, 4) is 5.75 Å². The Morgan fingerprint density at radius 2 is 2.19 bits per heavy atom. The second kappa shape index (κ2) is 12.8. The molecule has 0 saturated carbocycles. The van der Waals surface area contributed by atoms with Crippen LogP contribution in [0.25, 0.3) is 0 Å². The van der Waals surface area contributed by atoms with Gasteiger partial charge in [0.15, 0.2) is 5.96 Å². The third kappa shape index (κ3) is 7.47. The molecule has 0 radical (unpaired) electrons. The van der Waals surface area contributed by atoms with Crippen molar-refractivity contribution in [2.45, 2.75) is 18.9 Å². The van der Waals surface area contributed by atoms with Crippen LogP contribution in [-0.2, 0) is 11.2 Å². The molecule has 10 heteroatoms. The Hall–Kier alpha value is -2.14. The third-order valence-corrected chi connectivity index (χ3v) is 5.36. The number of benzene rings is 1. The fraction of sp³-hybridized carbons (Fsp3) is 0.455. The van der Waals surface area contributed by atoms with Crippen LogP contribution in [0, 0.1) is 0 Å². The zero-order chi connectivity index (χ0) is 22.2. The Bertz CT molecular complexity index is 892. The molecular weight excluding hydrogens is 545 g/mol. The van der Waals surface area contributed by atoms with Crippen LogP contribution in [-0.4, -0.2) is 70.2 Å². The zero-order valence-electron chi connectivity index (χ0n) is 18.6. The summed E-state index contributed by atoms with van der Waals surface area (Å²) in [5.41, 5.74) is 0.978. The summed E-state index contributed by atoms with van der Waals surface area (Å²) < 4.78 is 10.9. The van der Waals surface area contributed by atoms with E-state index in [1.165, 1.54) is 4.90 Å². The van der Waals surface area contributed by atoms with Crippen molar-refractivity contribution in [1.82, 2.24) is 15.5 Å². The maximum Gasteiger partial charge on any atom is 0.243 e. The lowest BCUT2D eigenvalue weighted by Crippen LogP contribution is -2.45. The first-order valence-electron chi connectivity index (χ1n) is 10.3. The number of carbonyl (C=O) groups excluding carboxylic acids is 1. The van der Waals surface area contributed by atoms with Crippen LogP contribution in [0.15, 0.2) is 46.0 Å². The lowest BCUT2D eigenvalue weighted by molar-refractivity contribution is -0.127. The molecule has 1 aromatic carbocycles. The van der Waals surface area contributed by atoms with Gasteiger partial charge in [0.25, 0.3) is 0 Å². The van der Waals surface area contributed by atoms with Crippen molar-refractivity contribution >= 4 is 53.1 Å². The van der Waals surface area contributed by atoms with Crippen molar-refractivity contribution in [1.29, 1.82) is 0 Å². The highest BCUT2D eigenvalue weighted by molar-refractivity contribution is 14.0. The Morgan fingerprint density at radius 3 is 2.88 bits per heavy atom. The van der Waals surface area contributed by atoms with E-state index < -0.39 is 0 Å². The van der Waals surface area contributed by atoms with E-state index in [0.29, 0.717) is 17.5 Å². The summed E-state index contributed by atoms with van der Waals surface area (Å²) in [5.74, 6) is 2.26. The molecular formula is C22H31ClIN5O3. The Kier molecular flexibility index (Phi) is 10.4. The van der Waals surface area contributed by atoms with E-state index >= 15 is 0 Å². The molecule has 176 valence electrons. The first kappa shape index (κ1) is 26.1. The highest BCUT2D eigenvalue weighted by atomic mass is 127. The van der Waals surface area contributed by atoms with E-state index in [9.17, 15) is 4.79 Å². The minimum atomic E-state index is -0.0520. The number of hydrogen-bond donors (Lipinski definition) is 2. The van der Waals surface area contributed by atoms with Gasteiger partial charge in [0, 0.05) is 51.2 Å². The smallest absolute Gasteiger partial charge is 0.243 e. The molecule has 1 aliphatic rings. The average molecular weight is 576 g/mol. The second-order valence-corrected chi connectivity index (χ2v) is 8.04. The van der Waals surface area contributed by atoms with Gasteiger partial charge in [0.2, 0.25) is 5.91 Å². The Labute approximate surface area is 211 Å². The van der Waals surface area contributed by atoms with Gasteiger partial charge in [-0.25, -0.2) is 4.99 Å². The van der Waals surface area contributed by atoms with Crippen molar-refractivity contribution in [3.05, 3.63) is 47.4 Å². The lowest BCUT2D eigenvalue weighted by Gasteiger charge is -2.22. The normalized spacial score (nSPS) is 15.8. The van der Waals surface area contributed by atoms with E-state index in [1.807, 2.05) is 30.3 Å². The van der Waals surface area contributed by atoms with Crippen LogP contribution in [0.2, 0.25) is 5.02 Å². The molecule has 8 nitrogen and oxygen atoms in total. The molecule has 0 spiro atoms. The topological polar surface area (TPSA) is 82.3 Å². The standard InChI is InChI=1S/C22H30ClN5O3.HI/c1-27(2)21(29)14-25-22(24-10-8-18-5-4-12-31-18)26-17-9-11-28(15-17)19-13-16(23)6-7-20(19)30-3;/h4-7,12-13,17H,8-11,14-15H2,1-3H3,(H2,24,25,26);1H. The predicted molar refractivity (Wildman–Crippen MR) is 139 cm³/mol. The van der Waals surface area contributed by atoms with E-state index in [2.05, 4.69) is 20.5 Å². The monoisotopic (exact) mass is 575 g/mol. The highest BCUT2D eigenvalue weighted by Crippen LogP contribution is 2.33. The van der Waals surface area contributed by atoms with Gasteiger partial charge in [0.1, 0.15) is 18.1 Å². The second-order valence-electron chi connectivity index (χ2n) is 7.60. The molecule has 1 aliphatic heterocycles. The van der Waals surface area contributed by atoms with E-state index in [0.717, 1.165) is 43.1 Å².